The first-order valence-corrected chi connectivity index (χ1v) is 8.05. The van der Waals surface area contributed by atoms with Crippen LogP contribution >= 0.6 is 11.6 Å². The lowest BCUT2D eigenvalue weighted by molar-refractivity contribution is 0.230. The highest BCUT2D eigenvalue weighted by atomic mass is 35.5. The van der Waals surface area contributed by atoms with Gasteiger partial charge in [0.05, 0.1) is 6.61 Å². The largest absolute Gasteiger partial charge is 0.494 e. The molecule has 1 saturated carbocycles. The lowest BCUT2D eigenvalue weighted by atomic mass is 9.78. The van der Waals surface area contributed by atoms with Crippen molar-refractivity contribution in [2.75, 3.05) is 6.61 Å². The normalized spacial score (nSPS) is 27.2. The van der Waals surface area contributed by atoms with Crippen molar-refractivity contribution in [3.05, 3.63) is 30.3 Å². The topological polar surface area (TPSA) is 9.23 Å². The summed E-state index contributed by atoms with van der Waals surface area (Å²) in [6.45, 7) is 3.11. The molecule has 0 amide bonds. The van der Waals surface area contributed by atoms with Crippen LogP contribution in [-0.4, -0.2) is 12.0 Å². The molecule has 0 N–H and O–H groups in total. The Labute approximate surface area is 122 Å². The van der Waals surface area contributed by atoms with Gasteiger partial charge in [-0.3, -0.25) is 0 Å². The molecule has 0 heterocycles. The molecule has 1 nitrogen and oxygen atoms in total. The number of rotatable bonds is 6. The van der Waals surface area contributed by atoms with Crippen LogP contribution in [0.5, 0.6) is 5.75 Å². The molecule has 1 aromatic rings. The summed E-state index contributed by atoms with van der Waals surface area (Å²) in [5.74, 6) is 2.56. The van der Waals surface area contributed by atoms with E-state index in [0.29, 0.717) is 11.3 Å². The Hall–Kier alpha value is -0.690. The monoisotopic (exact) mass is 280 g/mol. The zero-order valence-electron chi connectivity index (χ0n) is 11.9. The van der Waals surface area contributed by atoms with Gasteiger partial charge >= 0.3 is 0 Å². The fourth-order valence-corrected chi connectivity index (χ4v) is 3.40. The summed E-state index contributed by atoms with van der Waals surface area (Å²) in [4.78, 5) is 0. The van der Waals surface area contributed by atoms with Crippen molar-refractivity contribution in [1.29, 1.82) is 0 Å². The van der Waals surface area contributed by atoms with Crippen molar-refractivity contribution >= 4 is 11.6 Å². The molecule has 0 aliphatic heterocycles. The Morgan fingerprint density at radius 2 is 2.00 bits per heavy atom. The molecular weight excluding hydrogens is 256 g/mol. The Morgan fingerprint density at radius 3 is 2.74 bits per heavy atom. The molecule has 1 aliphatic rings. The van der Waals surface area contributed by atoms with Gasteiger partial charge < -0.3 is 4.74 Å². The number of halogens is 1. The van der Waals surface area contributed by atoms with Gasteiger partial charge in [0, 0.05) is 5.38 Å². The number of benzene rings is 1. The number of ether oxygens (including phenoxy) is 1. The maximum atomic E-state index is 6.46. The van der Waals surface area contributed by atoms with Gasteiger partial charge in [-0.25, -0.2) is 0 Å². The van der Waals surface area contributed by atoms with Gasteiger partial charge in [-0.05, 0) is 56.1 Å². The van der Waals surface area contributed by atoms with E-state index < -0.39 is 0 Å². The number of hydrogen-bond donors (Lipinski definition) is 0. The molecule has 2 rings (SSSR count). The van der Waals surface area contributed by atoms with Crippen molar-refractivity contribution < 1.29 is 4.74 Å². The highest BCUT2D eigenvalue weighted by Crippen LogP contribution is 2.36. The molecule has 0 radical (unpaired) electrons. The third kappa shape index (κ3) is 4.72. The SMILES string of the molecule is CCC1CCC(Cl)C(CCCOc2ccccc2)C1. The minimum absolute atomic E-state index is 0.388. The zero-order valence-corrected chi connectivity index (χ0v) is 12.6. The van der Waals surface area contributed by atoms with E-state index in [2.05, 4.69) is 6.92 Å². The second-order valence-corrected chi connectivity index (χ2v) is 6.23. The van der Waals surface area contributed by atoms with E-state index in [0.717, 1.165) is 24.7 Å². The lowest BCUT2D eigenvalue weighted by Crippen LogP contribution is -2.25. The molecule has 1 fully saturated rings. The van der Waals surface area contributed by atoms with Gasteiger partial charge in [-0.1, -0.05) is 31.5 Å². The van der Waals surface area contributed by atoms with Crippen molar-refractivity contribution in [3.8, 4) is 5.75 Å². The van der Waals surface area contributed by atoms with Crippen LogP contribution in [0.1, 0.15) is 45.4 Å². The Bertz CT molecular complexity index is 352. The third-order valence-corrected chi connectivity index (χ3v) is 4.88. The van der Waals surface area contributed by atoms with Crippen LogP contribution in [0.15, 0.2) is 30.3 Å². The first kappa shape index (κ1) is 14.7. The standard InChI is InChI=1S/C17H25ClO/c1-2-14-10-11-17(18)15(13-14)7-6-12-19-16-8-4-3-5-9-16/h3-5,8-9,14-15,17H,2,6-7,10-13H2,1H3. The van der Waals surface area contributed by atoms with Gasteiger partial charge in [0.1, 0.15) is 5.75 Å². The van der Waals surface area contributed by atoms with Gasteiger partial charge in [-0.15, -0.1) is 11.6 Å². The molecule has 0 bridgehead atoms. The maximum absolute atomic E-state index is 6.46. The van der Waals surface area contributed by atoms with E-state index >= 15 is 0 Å². The van der Waals surface area contributed by atoms with E-state index in [4.69, 9.17) is 16.3 Å². The van der Waals surface area contributed by atoms with Crippen molar-refractivity contribution in [2.45, 2.75) is 50.8 Å². The lowest BCUT2D eigenvalue weighted by Gasteiger charge is -2.32. The van der Waals surface area contributed by atoms with Crippen molar-refractivity contribution in [1.82, 2.24) is 0 Å². The van der Waals surface area contributed by atoms with Crippen LogP contribution in [-0.2, 0) is 0 Å². The number of alkyl halides is 1. The average molecular weight is 281 g/mol. The highest BCUT2D eigenvalue weighted by molar-refractivity contribution is 6.20. The van der Waals surface area contributed by atoms with Crippen LogP contribution in [0.2, 0.25) is 0 Å². The first-order chi connectivity index (χ1) is 9.29. The second-order valence-electron chi connectivity index (χ2n) is 5.67. The maximum Gasteiger partial charge on any atom is 0.119 e. The zero-order chi connectivity index (χ0) is 13.5. The van der Waals surface area contributed by atoms with E-state index in [1.54, 1.807) is 0 Å². The summed E-state index contributed by atoms with van der Waals surface area (Å²) in [6, 6.07) is 10.1. The molecule has 0 spiro atoms. The van der Waals surface area contributed by atoms with Crippen LogP contribution in [0, 0.1) is 11.8 Å². The predicted octanol–water partition coefficient (Wildman–Crippen LogP) is 5.28. The summed E-state index contributed by atoms with van der Waals surface area (Å²) in [5, 5.41) is 0.388. The van der Waals surface area contributed by atoms with Gasteiger partial charge in [0.2, 0.25) is 0 Å². The second kappa shape index (κ2) is 7.79. The Kier molecular flexibility index (Phi) is 6.03. The average Bonchev–Trinajstić information content (AvgIpc) is 2.46. The van der Waals surface area contributed by atoms with Crippen LogP contribution < -0.4 is 4.74 Å². The molecule has 19 heavy (non-hydrogen) atoms. The molecule has 1 aromatic carbocycles. The first-order valence-electron chi connectivity index (χ1n) is 7.61. The molecule has 3 atom stereocenters. The van der Waals surface area contributed by atoms with Crippen molar-refractivity contribution in [2.24, 2.45) is 11.8 Å². The molecule has 0 aromatic heterocycles. The minimum atomic E-state index is 0.388. The number of para-hydroxylation sites is 1. The molecule has 0 saturated heterocycles. The van der Waals surface area contributed by atoms with Gasteiger partial charge in [-0.2, -0.15) is 0 Å². The molecule has 3 unspecified atom stereocenters. The van der Waals surface area contributed by atoms with E-state index in [9.17, 15) is 0 Å². The van der Waals surface area contributed by atoms with E-state index in [1.807, 2.05) is 30.3 Å². The smallest absolute Gasteiger partial charge is 0.119 e. The van der Waals surface area contributed by atoms with Gasteiger partial charge in [0.15, 0.2) is 0 Å². The Balaban J connectivity index is 1.67. The summed E-state index contributed by atoms with van der Waals surface area (Å²) < 4.78 is 5.74. The van der Waals surface area contributed by atoms with Crippen LogP contribution in [0.25, 0.3) is 0 Å². The fraction of sp³-hybridized carbons (Fsp3) is 0.647. The fourth-order valence-electron chi connectivity index (χ4n) is 3.05. The highest BCUT2D eigenvalue weighted by Gasteiger charge is 2.27. The quantitative estimate of drug-likeness (QED) is 0.509. The summed E-state index contributed by atoms with van der Waals surface area (Å²) in [6.07, 6.45) is 7.46. The van der Waals surface area contributed by atoms with Crippen molar-refractivity contribution in [3.63, 3.8) is 0 Å². The van der Waals surface area contributed by atoms with E-state index in [1.165, 1.54) is 32.1 Å². The van der Waals surface area contributed by atoms with E-state index in [-0.39, 0.29) is 0 Å². The number of hydrogen-bond acceptors (Lipinski definition) is 1. The molecule has 2 heteroatoms. The summed E-state index contributed by atoms with van der Waals surface area (Å²) >= 11 is 6.46. The van der Waals surface area contributed by atoms with Gasteiger partial charge in [0.25, 0.3) is 0 Å². The third-order valence-electron chi connectivity index (χ3n) is 4.31. The molecule has 106 valence electrons. The van der Waals surface area contributed by atoms with Crippen LogP contribution in [0.3, 0.4) is 0 Å². The summed E-state index contributed by atoms with van der Waals surface area (Å²) in [5.41, 5.74) is 0. The molecular formula is C17H25ClO. The predicted molar refractivity (Wildman–Crippen MR) is 81.9 cm³/mol. The minimum Gasteiger partial charge on any atom is -0.494 e. The Morgan fingerprint density at radius 1 is 1.21 bits per heavy atom. The van der Waals surface area contributed by atoms with Crippen LogP contribution in [0.4, 0.5) is 0 Å². The molecule has 1 aliphatic carbocycles. The summed E-state index contributed by atoms with van der Waals surface area (Å²) in [7, 11) is 0.